The Morgan fingerprint density at radius 3 is 2.59 bits per heavy atom. The molecule has 1 N–H and O–H groups in total. The number of epoxide rings is 1. The molecule has 0 amide bonds. The minimum atomic E-state index is -0.462. The molecule has 1 spiro atoms. The van der Waals surface area contributed by atoms with Crippen molar-refractivity contribution in [2.45, 2.75) is 57.8 Å². The second kappa shape index (κ2) is 3.04. The summed E-state index contributed by atoms with van der Waals surface area (Å²) in [5.74, 6) is 0.614. The Morgan fingerprint density at radius 1 is 1.35 bits per heavy atom. The third-order valence-electron chi connectivity index (χ3n) is 5.39. The summed E-state index contributed by atoms with van der Waals surface area (Å²) in [4.78, 5) is 0. The summed E-state index contributed by atoms with van der Waals surface area (Å²) in [6.07, 6.45) is 8.03. The van der Waals surface area contributed by atoms with Crippen molar-refractivity contribution in [3.63, 3.8) is 0 Å². The van der Waals surface area contributed by atoms with Crippen molar-refractivity contribution in [3.8, 4) is 0 Å². The van der Waals surface area contributed by atoms with E-state index in [4.69, 9.17) is 4.74 Å². The van der Waals surface area contributed by atoms with E-state index >= 15 is 0 Å². The Hall–Kier alpha value is -0.600. The molecule has 0 bridgehead atoms. The van der Waals surface area contributed by atoms with Gasteiger partial charge in [-0.25, -0.2) is 0 Å². The first kappa shape index (κ1) is 11.5. The number of fused-ring (bicyclic) bond motifs is 1. The van der Waals surface area contributed by atoms with Gasteiger partial charge in [-0.1, -0.05) is 26.0 Å². The lowest BCUT2D eigenvalue weighted by atomic mass is 9.58. The van der Waals surface area contributed by atoms with Gasteiger partial charge >= 0.3 is 0 Å². The highest BCUT2D eigenvalue weighted by Gasteiger charge is 2.70. The number of hydrogen-bond donors (Lipinski definition) is 1. The van der Waals surface area contributed by atoms with E-state index in [-0.39, 0.29) is 16.6 Å². The average Bonchev–Trinajstić information content (AvgIpc) is 2.75. The Morgan fingerprint density at radius 2 is 2.00 bits per heavy atom. The summed E-state index contributed by atoms with van der Waals surface area (Å²) in [6, 6.07) is 0. The van der Waals surface area contributed by atoms with Gasteiger partial charge in [0, 0.05) is 0 Å². The Labute approximate surface area is 103 Å². The van der Waals surface area contributed by atoms with Crippen LogP contribution >= 0.6 is 0 Å². The van der Waals surface area contributed by atoms with Gasteiger partial charge in [0.25, 0.3) is 0 Å². The number of aliphatic hydroxyl groups excluding tert-OH is 1. The van der Waals surface area contributed by atoms with E-state index in [0.717, 1.165) is 12.8 Å². The molecule has 0 aromatic rings. The smallest absolute Gasteiger partial charge is 0.127 e. The van der Waals surface area contributed by atoms with Crippen molar-refractivity contribution in [2.24, 2.45) is 11.3 Å². The van der Waals surface area contributed by atoms with Crippen LogP contribution < -0.4 is 0 Å². The molecule has 3 aliphatic rings. The molecule has 1 heterocycles. The van der Waals surface area contributed by atoms with E-state index in [9.17, 15) is 5.11 Å². The topological polar surface area (TPSA) is 32.8 Å². The third-order valence-corrected chi connectivity index (χ3v) is 5.39. The van der Waals surface area contributed by atoms with E-state index in [0.29, 0.717) is 5.92 Å². The van der Waals surface area contributed by atoms with Crippen molar-refractivity contribution in [1.82, 2.24) is 0 Å². The second-order valence-corrected chi connectivity index (χ2v) is 6.70. The SMILES string of the molecule is C[C@H]1CC=CC2=C[C@H](O)[C@@]3(C[C@@]21C)OC3(C)C. The third kappa shape index (κ3) is 1.28. The van der Waals surface area contributed by atoms with Gasteiger partial charge in [0.1, 0.15) is 11.7 Å². The van der Waals surface area contributed by atoms with Gasteiger partial charge in [-0.05, 0) is 49.7 Å². The Bertz CT molecular complexity index is 421. The number of rotatable bonds is 0. The van der Waals surface area contributed by atoms with E-state index in [2.05, 4.69) is 39.8 Å². The monoisotopic (exact) mass is 234 g/mol. The van der Waals surface area contributed by atoms with Crippen molar-refractivity contribution in [1.29, 1.82) is 0 Å². The highest BCUT2D eigenvalue weighted by Crippen LogP contribution is 2.62. The summed E-state index contributed by atoms with van der Waals surface area (Å²) in [6.45, 7) is 8.79. The first-order chi connectivity index (χ1) is 7.82. The minimum Gasteiger partial charge on any atom is -0.386 e. The van der Waals surface area contributed by atoms with Crippen LogP contribution in [0.15, 0.2) is 23.8 Å². The van der Waals surface area contributed by atoms with Crippen LogP contribution in [0.2, 0.25) is 0 Å². The molecule has 2 nitrogen and oxygen atoms in total. The number of allylic oxidation sites excluding steroid dienone is 3. The molecule has 0 radical (unpaired) electrons. The molecule has 2 aliphatic carbocycles. The normalized spacial score (nSPS) is 51.0. The van der Waals surface area contributed by atoms with Gasteiger partial charge in [0.15, 0.2) is 0 Å². The highest BCUT2D eigenvalue weighted by atomic mass is 16.6. The molecule has 94 valence electrons. The van der Waals surface area contributed by atoms with Crippen LogP contribution in [-0.4, -0.2) is 22.4 Å². The summed E-state index contributed by atoms with van der Waals surface area (Å²) in [5.41, 5.74) is 0.922. The zero-order valence-electron chi connectivity index (χ0n) is 11.2. The van der Waals surface area contributed by atoms with E-state index < -0.39 is 6.10 Å². The molecule has 4 atom stereocenters. The predicted octanol–water partition coefficient (Wildman–Crippen LogP) is 2.83. The lowest BCUT2D eigenvalue weighted by Crippen LogP contribution is -2.47. The first-order valence-electron chi connectivity index (χ1n) is 6.59. The lowest BCUT2D eigenvalue weighted by Gasteiger charge is -2.46. The fourth-order valence-corrected chi connectivity index (χ4v) is 3.71. The quantitative estimate of drug-likeness (QED) is 0.654. The molecule has 0 aromatic heterocycles. The van der Waals surface area contributed by atoms with Crippen LogP contribution in [0, 0.1) is 11.3 Å². The number of hydrogen-bond acceptors (Lipinski definition) is 2. The molecule has 1 fully saturated rings. The summed E-state index contributed by atoms with van der Waals surface area (Å²) < 4.78 is 5.89. The molecule has 0 saturated carbocycles. The van der Waals surface area contributed by atoms with Crippen LogP contribution in [0.1, 0.15) is 40.5 Å². The van der Waals surface area contributed by atoms with Crippen molar-refractivity contribution < 1.29 is 9.84 Å². The maximum atomic E-state index is 10.3. The molecule has 1 saturated heterocycles. The van der Waals surface area contributed by atoms with Crippen LogP contribution in [0.4, 0.5) is 0 Å². The molecule has 2 heteroatoms. The molecule has 0 unspecified atom stereocenters. The fraction of sp³-hybridized carbons (Fsp3) is 0.733. The standard InChI is InChI=1S/C15H22O2/c1-10-6-5-7-11-8-12(16)15(9-14(10,11)4)13(2,3)17-15/h5,7-8,10,12,16H,6,9H2,1-4H3/t10-,12-,14+,15+/m0/s1. The van der Waals surface area contributed by atoms with Crippen LogP contribution in [0.25, 0.3) is 0 Å². The van der Waals surface area contributed by atoms with Gasteiger partial charge in [0.2, 0.25) is 0 Å². The van der Waals surface area contributed by atoms with Crippen LogP contribution in [0.3, 0.4) is 0 Å². The molecular weight excluding hydrogens is 212 g/mol. The van der Waals surface area contributed by atoms with E-state index in [1.807, 2.05) is 6.08 Å². The average molecular weight is 234 g/mol. The minimum absolute atomic E-state index is 0.155. The van der Waals surface area contributed by atoms with E-state index in [1.54, 1.807) is 0 Å². The second-order valence-electron chi connectivity index (χ2n) is 6.70. The van der Waals surface area contributed by atoms with Crippen molar-refractivity contribution in [2.75, 3.05) is 0 Å². The van der Waals surface area contributed by atoms with Gasteiger partial charge in [-0.3, -0.25) is 0 Å². The lowest BCUT2D eigenvalue weighted by molar-refractivity contribution is 0.0489. The summed E-state index contributed by atoms with van der Waals surface area (Å²) in [7, 11) is 0. The molecule has 3 rings (SSSR count). The van der Waals surface area contributed by atoms with Crippen LogP contribution in [0.5, 0.6) is 0 Å². The van der Waals surface area contributed by atoms with Crippen molar-refractivity contribution >= 4 is 0 Å². The summed E-state index contributed by atoms with van der Waals surface area (Å²) >= 11 is 0. The maximum Gasteiger partial charge on any atom is 0.127 e. The van der Waals surface area contributed by atoms with Crippen molar-refractivity contribution in [3.05, 3.63) is 23.8 Å². The largest absolute Gasteiger partial charge is 0.386 e. The predicted molar refractivity (Wildman–Crippen MR) is 67.6 cm³/mol. The fourth-order valence-electron chi connectivity index (χ4n) is 3.71. The first-order valence-corrected chi connectivity index (χ1v) is 6.59. The van der Waals surface area contributed by atoms with Gasteiger partial charge in [-0.2, -0.15) is 0 Å². The number of ether oxygens (including phenoxy) is 1. The molecular formula is C15H22O2. The summed E-state index contributed by atoms with van der Waals surface area (Å²) in [5, 5.41) is 10.3. The number of aliphatic hydroxyl groups is 1. The Kier molecular flexibility index (Phi) is 2.06. The molecule has 0 aromatic carbocycles. The molecule has 17 heavy (non-hydrogen) atoms. The Balaban J connectivity index is 2.05. The van der Waals surface area contributed by atoms with Gasteiger partial charge in [0.05, 0.1) is 5.60 Å². The van der Waals surface area contributed by atoms with E-state index in [1.165, 1.54) is 5.57 Å². The van der Waals surface area contributed by atoms with Crippen LogP contribution in [-0.2, 0) is 4.74 Å². The van der Waals surface area contributed by atoms with Gasteiger partial charge < -0.3 is 9.84 Å². The molecule has 1 aliphatic heterocycles. The maximum absolute atomic E-state index is 10.3. The highest BCUT2D eigenvalue weighted by molar-refractivity contribution is 5.39. The zero-order valence-corrected chi connectivity index (χ0v) is 11.2. The zero-order chi connectivity index (χ0) is 12.5. The van der Waals surface area contributed by atoms with Gasteiger partial charge in [-0.15, -0.1) is 0 Å².